The van der Waals surface area contributed by atoms with Crippen molar-refractivity contribution in [1.82, 2.24) is 9.97 Å². The summed E-state index contributed by atoms with van der Waals surface area (Å²) in [4.78, 5) is 11.0. The predicted octanol–water partition coefficient (Wildman–Crippen LogP) is 5.75. The number of aromatic nitrogens is 2. The molecule has 1 spiro atoms. The molecule has 7 nitrogen and oxygen atoms in total. The maximum atomic E-state index is 14.7. The molecule has 3 aromatic rings. The van der Waals surface area contributed by atoms with E-state index in [9.17, 15) is 4.39 Å². The van der Waals surface area contributed by atoms with Gasteiger partial charge in [0.1, 0.15) is 10.8 Å². The Labute approximate surface area is 217 Å². The number of hydrogen-bond acceptors (Lipinski definition) is 7. The molecule has 1 aliphatic carbocycles. The third-order valence-electron chi connectivity index (χ3n) is 6.92. The molecule has 0 atom stereocenters. The van der Waals surface area contributed by atoms with Crippen molar-refractivity contribution >= 4 is 53.7 Å². The van der Waals surface area contributed by atoms with Gasteiger partial charge in [0.2, 0.25) is 5.95 Å². The number of anilines is 5. The number of methoxy groups -OCH3 is 2. The van der Waals surface area contributed by atoms with Crippen molar-refractivity contribution in [2.45, 2.75) is 18.9 Å². The zero-order chi connectivity index (χ0) is 25.4. The van der Waals surface area contributed by atoms with E-state index in [1.54, 1.807) is 14.2 Å². The molecule has 10 heteroatoms. The Hall–Kier alpha value is -2.67. The smallest absolute Gasteiger partial charge is 0.229 e. The highest BCUT2D eigenvalue weighted by Crippen LogP contribution is 2.53. The first-order valence-electron chi connectivity index (χ1n) is 11.8. The Morgan fingerprint density at radius 3 is 2.56 bits per heavy atom. The maximum Gasteiger partial charge on any atom is 0.229 e. The van der Waals surface area contributed by atoms with Crippen LogP contribution in [0.5, 0.6) is 5.75 Å². The lowest BCUT2D eigenvalue weighted by atomic mass is 9.61. The number of rotatable bonds is 8. The molecule has 2 aliphatic rings. The van der Waals surface area contributed by atoms with Gasteiger partial charge in [-0.3, -0.25) is 0 Å². The summed E-state index contributed by atoms with van der Waals surface area (Å²) in [7, 11) is 3.01. The van der Waals surface area contributed by atoms with Crippen LogP contribution in [0.1, 0.15) is 12.8 Å². The van der Waals surface area contributed by atoms with Gasteiger partial charge in [-0.2, -0.15) is 4.98 Å². The summed E-state index contributed by atoms with van der Waals surface area (Å²) in [5.41, 5.74) is 2.38. The normalized spacial score (nSPS) is 16.6. The van der Waals surface area contributed by atoms with Crippen LogP contribution in [-0.4, -0.2) is 56.7 Å². The summed E-state index contributed by atoms with van der Waals surface area (Å²) in [5, 5.41) is 8.07. The van der Waals surface area contributed by atoms with Gasteiger partial charge < -0.3 is 25.0 Å². The molecular weight excluding hydrogens is 500 g/mol. The van der Waals surface area contributed by atoms with Gasteiger partial charge in [-0.05, 0) is 37.5 Å². The van der Waals surface area contributed by atoms with Gasteiger partial charge in [0.05, 0.1) is 30.8 Å². The monoisotopic (exact) mass is 529 g/mol. The molecule has 2 aromatic carbocycles. The molecule has 190 valence electrons. The van der Waals surface area contributed by atoms with Gasteiger partial charge in [0, 0.05) is 43.4 Å². The van der Waals surface area contributed by atoms with Crippen LogP contribution < -0.4 is 25.6 Å². The third kappa shape index (κ3) is 4.82. The maximum absolute atomic E-state index is 14.7. The summed E-state index contributed by atoms with van der Waals surface area (Å²) >= 11 is 6.41. The van der Waals surface area contributed by atoms with Crippen molar-refractivity contribution < 1.29 is 13.9 Å². The summed E-state index contributed by atoms with van der Waals surface area (Å²) in [6.45, 7) is 6.10. The highest BCUT2D eigenvalue weighted by molar-refractivity contribution is 7.64. The van der Waals surface area contributed by atoms with Crippen molar-refractivity contribution in [1.29, 1.82) is 0 Å². The lowest BCUT2D eigenvalue weighted by Gasteiger charge is -2.59. The minimum atomic E-state index is -0.363. The minimum Gasteiger partial charge on any atom is -0.492 e. The highest BCUT2D eigenvalue weighted by atomic mass is 35.5. The molecule has 36 heavy (non-hydrogen) atoms. The standard InChI is InChI=1S/C26H30ClFN5O2P/c1-34-17-11-26(12-17)14-33(15-26)21-10-16(28)9-20(23(21)35-2)31-25-29-13-18(27)24(32-25)30-19-7-5-6-8-22(19)36(3)4/h5-10,13,17H,11-12,14-15H2,1-4H3,(H2,29,30,31,32). The van der Waals surface area contributed by atoms with Crippen LogP contribution in [0.2, 0.25) is 5.02 Å². The van der Waals surface area contributed by atoms with Crippen LogP contribution in [0.4, 0.5) is 33.2 Å². The Kier molecular flexibility index (Phi) is 6.95. The number of nitrogens with zero attached hydrogens (tertiary/aromatic N) is 3. The fraction of sp³-hybridized carbons (Fsp3) is 0.385. The zero-order valence-corrected chi connectivity index (χ0v) is 22.5. The van der Waals surface area contributed by atoms with Gasteiger partial charge in [-0.25, -0.2) is 9.37 Å². The first-order chi connectivity index (χ1) is 17.3. The molecule has 1 saturated heterocycles. The van der Waals surface area contributed by atoms with Gasteiger partial charge in [0.25, 0.3) is 0 Å². The van der Waals surface area contributed by atoms with Crippen molar-refractivity contribution in [3.8, 4) is 5.75 Å². The molecule has 1 saturated carbocycles. The fourth-order valence-electron chi connectivity index (χ4n) is 5.12. The Bertz CT molecular complexity index is 1260. The van der Waals surface area contributed by atoms with E-state index in [1.165, 1.54) is 23.6 Å². The number of para-hydroxylation sites is 1. The molecule has 5 rings (SSSR count). The van der Waals surface area contributed by atoms with Crippen LogP contribution in [0.15, 0.2) is 42.6 Å². The van der Waals surface area contributed by atoms with Crippen LogP contribution in [0.25, 0.3) is 0 Å². The van der Waals surface area contributed by atoms with Gasteiger partial charge in [-0.15, -0.1) is 0 Å². The van der Waals surface area contributed by atoms with E-state index in [0.717, 1.165) is 31.6 Å². The van der Waals surface area contributed by atoms with E-state index in [1.807, 2.05) is 18.2 Å². The van der Waals surface area contributed by atoms with Crippen molar-refractivity contribution in [2.75, 3.05) is 56.2 Å². The summed E-state index contributed by atoms with van der Waals surface area (Å²) in [6, 6.07) is 11.0. The van der Waals surface area contributed by atoms with Crippen LogP contribution >= 0.6 is 19.5 Å². The average Bonchev–Trinajstić information content (AvgIpc) is 2.80. The fourth-order valence-corrected chi connectivity index (χ4v) is 6.25. The largest absolute Gasteiger partial charge is 0.492 e. The second kappa shape index (κ2) is 10.0. The van der Waals surface area contributed by atoms with Gasteiger partial charge in [0.15, 0.2) is 11.6 Å². The number of ether oxygens (including phenoxy) is 2. The third-order valence-corrected chi connectivity index (χ3v) is 8.55. The molecule has 0 radical (unpaired) electrons. The topological polar surface area (TPSA) is 71.5 Å². The first-order valence-corrected chi connectivity index (χ1v) is 14.4. The van der Waals surface area contributed by atoms with Crippen molar-refractivity contribution in [3.05, 3.63) is 53.4 Å². The average molecular weight is 530 g/mol. The lowest BCUT2D eigenvalue weighted by molar-refractivity contribution is -0.0732. The Balaban J connectivity index is 1.38. The number of hydrogen-bond donors (Lipinski definition) is 2. The number of nitrogens with one attached hydrogen (secondary N) is 2. The van der Waals surface area contributed by atoms with Crippen LogP contribution in [0, 0.1) is 11.2 Å². The van der Waals surface area contributed by atoms with Crippen LogP contribution in [-0.2, 0) is 4.74 Å². The molecule has 2 fully saturated rings. The Morgan fingerprint density at radius 2 is 1.86 bits per heavy atom. The van der Waals surface area contributed by atoms with Crippen molar-refractivity contribution in [2.24, 2.45) is 5.41 Å². The van der Waals surface area contributed by atoms with E-state index in [2.05, 4.69) is 44.9 Å². The molecule has 0 unspecified atom stereocenters. The molecular formula is C26H30ClFN5O2P. The van der Waals surface area contributed by atoms with E-state index < -0.39 is 0 Å². The zero-order valence-electron chi connectivity index (χ0n) is 20.8. The van der Waals surface area contributed by atoms with Gasteiger partial charge in [-0.1, -0.05) is 37.7 Å². The molecule has 2 heterocycles. The predicted molar refractivity (Wildman–Crippen MR) is 146 cm³/mol. The molecule has 2 N–H and O–H groups in total. The Morgan fingerprint density at radius 1 is 1.11 bits per heavy atom. The van der Waals surface area contributed by atoms with E-state index in [0.29, 0.717) is 34.1 Å². The molecule has 1 aromatic heterocycles. The first kappa shape index (κ1) is 25.0. The number of benzene rings is 2. The molecule has 1 aliphatic heterocycles. The van der Waals surface area contributed by atoms with Gasteiger partial charge >= 0.3 is 0 Å². The van der Waals surface area contributed by atoms with Crippen LogP contribution in [0.3, 0.4) is 0 Å². The second-order valence-corrected chi connectivity index (χ2v) is 12.4. The summed E-state index contributed by atoms with van der Waals surface area (Å²) < 4.78 is 25.9. The lowest BCUT2D eigenvalue weighted by Crippen LogP contribution is -2.64. The van der Waals surface area contributed by atoms with Crippen molar-refractivity contribution in [3.63, 3.8) is 0 Å². The quantitative estimate of drug-likeness (QED) is 0.360. The number of halogens is 2. The summed E-state index contributed by atoms with van der Waals surface area (Å²) in [6.07, 6.45) is 3.94. The molecule has 0 bridgehead atoms. The second-order valence-electron chi connectivity index (χ2n) is 9.68. The summed E-state index contributed by atoms with van der Waals surface area (Å²) in [5.74, 6) is 0.941. The minimum absolute atomic E-state index is 0.263. The van der Waals surface area contributed by atoms with E-state index in [4.69, 9.17) is 21.1 Å². The van der Waals surface area contributed by atoms with E-state index >= 15 is 0 Å². The SMILES string of the molecule is COc1c(Nc2ncc(Cl)c(Nc3ccccc3P(C)C)n2)cc(F)cc1N1CC2(CC(OC)C2)C1. The van der Waals surface area contributed by atoms with E-state index in [-0.39, 0.29) is 25.1 Å². The highest BCUT2D eigenvalue weighted by Gasteiger charge is 2.53. The molecule has 0 amide bonds.